The molecule has 0 aromatic heterocycles. The van der Waals surface area contributed by atoms with E-state index in [1.54, 1.807) is 35.3 Å². The predicted octanol–water partition coefficient (Wildman–Crippen LogP) is 11.4. The second kappa shape index (κ2) is 17.1. The zero-order chi connectivity index (χ0) is 28.7. The molecule has 0 saturated heterocycles. The first-order valence-electron chi connectivity index (χ1n) is 13.4. The highest BCUT2D eigenvalue weighted by Gasteiger charge is 1.98. The van der Waals surface area contributed by atoms with Crippen molar-refractivity contribution in [2.75, 3.05) is 18.8 Å². The van der Waals surface area contributed by atoms with E-state index in [0.717, 1.165) is 6.42 Å². The van der Waals surface area contributed by atoms with Crippen molar-refractivity contribution in [1.82, 2.24) is 0 Å². The van der Waals surface area contributed by atoms with Crippen molar-refractivity contribution in [3.05, 3.63) is 149 Å². The van der Waals surface area contributed by atoms with Crippen LogP contribution in [0.4, 0.5) is 0 Å². The first-order chi connectivity index (χ1) is 19.4. The third-order valence-corrected chi connectivity index (χ3v) is 8.60. The molecule has 0 atom stereocenters. The standard InChI is InChI=1S/C15H16S.C14H14S.C8H10S/c1-12-3-5-13(6-4-12)11-14-7-9-15(16-2)10-8-14;1-11-3-5-12(6-4-11)13-7-9-14(15-2)10-8-13;1-7-4-3-5-8(6-7)9-2/h3-10H,11H2,1-2H3;3-10H,1-2H3;3-6H,1-2H3. The van der Waals surface area contributed by atoms with Gasteiger partial charge < -0.3 is 0 Å². The van der Waals surface area contributed by atoms with Gasteiger partial charge in [-0.1, -0.05) is 102 Å². The summed E-state index contributed by atoms with van der Waals surface area (Å²) in [6.45, 7) is 6.34. The van der Waals surface area contributed by atoms with Crippen LogP contribution in [0, 0.1) is 20.8 Å². The second-order valence-electron chi connectivity index (χ2n) is 9.63. The van der Waals surface area contributed by atoms with Gasteiger partial charge in [-0.2, -0.15) is 0 Å². The number of thioether (sulfide) groups is 3. The van der Waals surface area contributed by atoms with Crippen LogP contribution in [-0.2, 0) is 6.42 Å². The van der Waals surface area contributed by atoms with E-state index < -0.39 is 0 Å². The van der Waals surface area contributed by atoms with Gasteiger partial charge in [-0.05, 0) is 105 Å². The third kappa shape index (κ3) is 11.0. The summed E-state index contributed by atoms with van der Waals surface area (Å²) in [5.41, 5.74) is 9.29. The van der Waals surface area contributed by atoms with Crippen LogP contribution in [0.5, 0.6) is 0 Å². The van der Waals surface area contributed by atoms with Crippen molar-refractivity contribution >= 4 is 35.3 Å². The maximum absolute atomic E-state index is 2.21. The van der Waals surface area contributed by atoms with E-state index in [0.29, 0.717) is 0 Å². The molecule has 0 bridgehead atoms. The topological polar surface area (TPSA) is 0 Å². The Morgan fingerprint density at radius 1 is 0.400 bits per heavy atom. The van der Waals surface area contributed by atoms with Gasteiger partial charge in [-0.3, -0.25) is 0 Å². The van der Waals surface area contributed by atoms with Crippen LogP contribution in [0.25, 0.3) is 11.1 Å². The fraction of sp³-hybridized carbons (Fsp3) is 0.189. The van der Waals surface area contributed by atoms with E-state index in [1.807, 2.05) is 0 Å². The highest BCUT2D eigenvalue weighted by Crippen LogP contribution is 2.23. The Bertz CT molecular complexity index is 1400. The number of rotatable bonds is 6. The highest BCUT2D eigenvalue weighted by molar-refractivity contribution is 7.99. The van der Waals surface area contributed by atoms with E-state index in [2.05, 4.69) is 161 Å². The van der Waals surface area contributed by atoms with Gasteiger partial charge >= 0.3 is 0 Å². The molecule has 5 aromatic carbocycles. The predicted molar refractivity (Wildman–Crippen MR) is 184 cm³/mol. The lowest BCUT2D eigenvalue weighted by Crippen LogP contribution is -1.87. The second-order valence-corrected chi connectivity index (χ2v) is 12.3. The fourth-order valence-corrected chi connectivity index (χ4v) is 5.29. The molecule has 0 spiro atoms. The maximum Gasteiger partial charge on any atom is 0.00717 e. The molecule has 0 nitrogen and oxygen atoms in total. The van der Waals surface area contributed by atoms with Crippen molar-refractivity contribution in [2.45, 2.75) is 41.9 Å². The molecular weight excluding hydrogens is 541 g/mol. The largest absolute Gasteiger partial charge is 0.130 e. The van der Waals surface area contributed by atoms with Crippen molar-refractivity contribution in [1.29, 1.82) is 0 Å². The zero-order valence-electron chi connectivity index (χ0n) is 24.5. The van der Waals surface area contributed by atoms with Crippen molar-refractivity contribution in [3.63, 3.8) is 0 Å². The minimum Gasteiger partial charge on any atom is -0.130 e. The van der Waals surface area contributed by atoms with Gasteiger partial charge in [0, 0.05) is 14.7 Å². The van der Waals surface area contributed by atoms with Gasteiger partial charge in [0.2, 0.25) is 0 Å². The number of aryl methyl sites for hydroxylation is 3. The van der Waals surface area contributed by atoms with E-state index in [1.165, 1.54) is 53.6 Å². The summed E-state index contributed by atoms with van der Waals surface area (Å²) in [5, 5.41) is 0. The molecule has 0 aliphatic heterocycles. The molecule has 0 heterocycles. The van der Waals surface area contributed by atoms with Crippen LogP contribution in [0.3, 0.4) is 0 Å². The summed E-state index contributed by atoms with van der Waals surface area (Å²) in [7, 11) is 0. The van der Waals surface area contributed by atoms with Crippen molar-refractivity contribution < 1.29 is 0 Å². The van der Waals surface area contributed by atoms with E-state index in [-0.39, 0.29) is 0 Å². The first-order valence-corrected chi connectivity index (χ1v) is 17.1. The Morgan fingerprint density at radius 2 is 0.800 bits per heavy atom. The Morgan fingerprint density at radius 3 is 1.23 bits per heavy atom. The number of hydrogen-bond donors (Lipinski definition) is 0. The molecule has 0 N–H and O–H groups in total. The molecule has 0 aliphatic rings. The molecule has 0 unspecified atom stereocenters. The monoisotopic (exact) mass is 580 g/mol. The summed E-state index contributed by atoms with van der Waals surface area (Å²) < 4.78 is 0. The van der Waals surface area contributed by atoms with Gasteiger partial charge in [0.05, 0.1) is 0 Å². The van der Waals surface area contributed by atoms with Gasteiger partial charge in [-0.25, -0.2) is 0 Å². The highest BCUT2D eigenvalue weighted by atomic mass is 32.2. The van der Waals surface area contributed by atoms with Crippen LogP contribution < -0.4 is 0 Å². The van der Waals surface area contributed by atoms with Crippen LogP contribution in [0.15, 0.2) is 136 Å². The van der Waals surface area contributed by atoms with Crippen molar-refractivity contribution in [2.24, 2.45) is 0 Å². The Kier molecular flexibility index (Phi) is 13.5. The van der Waals surface area contributed by atoms with Crippen LogP contribution in [0.1, 0.15) is 27.8 Å². The molecule has 206 valence electrons. The molecule has 0 radical (unpaired) electrons. The Hall–Kier alpha value is -2.85. The molecule has 0 fully saturated rings. The lowest BCUT2D eigenvalue weighted by atomic mass is 10.0. The Balaban J connectivity index is 0.000000172. The van der Waals surface area contributed by atoms with Gasteiger partial charge in [0.25, 0.3) is 0 Å². The first kappa shape index (κ1) is 31.7. The summed E-state index contributed by atoms with van der Waals surface area (Å²) in [5.74, 6) is 0. The molecule has 3 heteroatoms. The third-order valence-electron chi connectivity index (χ3n) is 6.39. The fourth-order valence-electron chi connectivity index (χ4n) is 3.96. The summed E-state index contributed by atoms with van der Waals surface area (Å²) in [6.07, 6.45) is 7.32. The SMILES string of the molecule is CSc1ccc(-c2ccc(C)cc2)cc1.CSc1ccc(Cc2ccc(C)cc2)cc1.CSc1cccc(C)c1. The van der Waals surface area contributed by atoms with Gasteiger partial charge in [0.15, 0.2) is 0 Å². The lowest BCUT2D eigenvalue weighted by molar-refractivity contribution is 1.17. The van der Waals surface area contributed by atoms with E-state index in [4.69, 9.17) is 0 Å². The summed E-state index contributed by atoms with van der Waals surface area (Å²) >= 11 is 5.34. The zero-order valence-corrected chi connectivity index (χ0v) is 26.9. The molecule has 0 amide bonds. The normalized spacial score (nSPS) is 10.2. The van der Waals surface area contributed by atoms with Gasteiger partial charge in [0.1, 0.15) is 0 Å². The molecule has 40 heavy (non-hydrogen) atoms. The minimum absolute atomic E-state index is 1.02. The average Bonchev–Trinajstić information content (AvgIpc) is 3.00. The van der Waals surface area contributed by atoms with Crippen LogP contribution >= 0.6 is 35.3 Å². The Labute approximate surface area is 255 Å². The van der Waals surface area contributed by atoms with Crippen LogP contribution in [-0.4, -0.2) is 18.8 Å². The van der Waals surface area contributed by atoms with E-state index in [9.17, 15) is 0 Å². The number of hydrogen-bond acceptors (Lipinski definition) is 3. The molecule has 5 rings (SSSR count). The maximum atomic E-state index is 2.21. The molecule has 5 aromatic rings. The summed E-state index contributed by atoms with van der Waals surface area (Å²) in [6, 6.07) is 43.4. The molecule has 0 aliphatic carbocycles. The molecule has 0 saturated carbocycles. The minimum atomic E-state index is 1.02. The van der Waals surface area contributed by atoms with Crippen LogP contribution in [0.2, 0.25) is 0 Å². The summed E-state index contributed by atoms with van der Waals surface area (Å²) in [4.78, 5) is 3.98. The average molecular weight is 581 g/mol. The van der Waals surface area contributed by atoms with Gasteiger partial charge in [-0.15, -0.1) is 35.3 Å². The molecular formula is C37H40S3. The van der Waals surface area contributed by atoms with E-state index >= 15 is 0 Å². The lowest BCUT2D eigenvalue weighted by Gasteiger charge is -2.03. The number of benzene rings is 5. The van der Waals surface area contributed by atoms with Crippen molar-refractivity contribution in [3.8, 4) is 11.1 Å². The quantitative estimate of drug-likeness (QED) is 0.183. The smallest absolute Gasteiger partial charge is 0.00717 e.